The molecule has 1 aromatic rings. The minimum absolute atomic E-state index is 0.0711. The van der Waals surface area contributed by atoms with Gasteiger partial charge in [0.2, 0.25) is 5.91 Å². The lowest BCUT2D eigenvalue weighted by Gasteiger charge is -2.23. The molecule has 0 radical (unpaired) electrons. The number of carbonyl (C=O) groups excluding carboxylic acids is 2. The van der Waals surface area contributed by atoms with Crippen LogP contribution in [0.25, 0.3) is 0 Å². The van der Waals surface area contributed by atoms with E-state index in [1.54, 1.807) is 6.07 Å². The second-order valence-corrected chi connectivity index (χ2v) is 11.6. The third-order valence-corrected chi connectivity index (χ3v) is 9.07. The monoisotopic (exact) mass is 615 g/mol. The lowest BCUT2D eigenvalue weighted by molar-refractivity contribution is -0.151. The Morgan fingerprint density at radius 3 is 1.86 bits per heavy atom. The molecular formula is C28H43Br2NO4. The van der Waals surface area contributed by atoms with Gasteiger partial charge in [0.25, 0.3) is 5.91 Å². The molecule has 1 unspecified atom stereocenters. The Kier molecular flexibility index (Phi) is 13.9. The molecule has 5 nitrogen and oxygen atoms in total. The molecule has 2 N–H and O–H groups in total. The van der Waals surface area contributed by atoms with Gasteiger partial charge >= 0.3 is 0 Å². The van der Waals surface area contributed by atoms with Gasteiger partial charge in [-0.05, 0) is 56.0 Å². The van der Waals surface area contributed by atoms with E-state index in [1.807, 2.05) is 0 Å². The number of halogens is 2. The van der Waals surface area contributed by atoms with Crippen LogP contribution in [0.4, 0.5) is 0 Å². The molecular weight excluding hydrogens is 574 g/mol. The van der Waals surface area contributed by atoms with Crippen molar-refractivity contribution in [3.8, 4) is 5.75 Å². The molecule has 1 fully saturated rings. The highest BCUT2D eigenvalue weighted by Gasteiger charge is 2.48. The van der Waals surface area contributed by atoms with Crippen LogP contribution >= 0.6 is 31.9 Å². The van der Waals surface area contributed by atoms with E-state index in [4.69, 9.17) is 0 Å². The van der Waals surface area contributed by atoms with Gasteiger partial charge in [-0.25, -0.2) is 0 Å². The van der Waals surface area contributed by atoms with Crippen molar-refractivity contribution in [2.75, 3.05) is 6.54 Å². The summed E-state index contributed by atoms with van der Waals surface area (Å²) < 4.78 is 0.993. The zero-order valence-electron chi connectivity index (χ0n) is 21.3. The standard InChI is InChI=1S/C28H43Br2NO4/c1-2-3-4-5-6-7-8-9-10-11-12-13-14-15-16-17-25(33)31-19-18-28(35,27(31)34)22-20-23(29)26(30)24(32)21-22/h20-21,32,35H,2-19H2,1H3. The first-order valence-electron chi connectivity index (χ1n) is 13.6. The highest BCUT2D eigenvalue weighted by atomic mass is 79.9. The second kappa shape index (κ2) is 16.0. The van der Waals surface area contributed by atoms with Crippen LogP contribution in [0, 0.1) is 0 Å². The zero-order valence-corrected chi connectivity index (χ0v) is 24.5. The van der Waals surface area contributed by atoms with E-state index in [1.165, 1.54) is 88.0 Å². The fourth-order valence-corrected chi connectivity index (χ4v) is 5.49. The lowest BCUT2D eigenvalue weighted by atomic mass is 9.92. The maximum absolute atomic E-state index is 12.9. The second-order valence-electron chi connectivity index (χ2n) is 9.95. The van der Waals surface area contributed by atoms with E-state index >= 15 is 0 Å². The van der Waals surface area contributed by atoms with Crippen molar-refractivity contribution < 1.29 is 19.8 Å². The van der Waals surface area contributed by atoms with Gasteiger partial charge in [0.1, 0.15) is 5.75 Å². The smallest absolute Gasteiger partial charge is 0.265 e. The van der Waals surface area contributed by atoms with Crippen LogP contribution in [0.5, 0.6) is 5.75 Å². The number of hydrogen-bond donors (Lipinski definition) is 2. The molecule has 1 saturated heterocycles. The quantitative estimate of drug-likeness (QED) is 0.173. The fourth-order valence-electron chi connectivity index (χ4n) is 4.81. The van der Waals surface area contributed by atoms with Crippen molar-refractivity contribution in [3.63, 3.8) is 0 Å². The first-order chi connectivity index (χ1) is 16.8. The van der Waals surface area contributed by atoms with Crippen LogP contribution < -0.4 is 0 Å². The molecule has 1 aliphatic heterocycles. The summed E-state index contributed by atoms with van der Waals surface area (Å²) in [6, 6.07) is 2.97. The van der Waals surface area contributed by atoms with Gasteiger partial charge in [0.15, 0.2) is 5.60 Å². The number of benzene rings is 1. The van der Waals surface area contributed by atoms with Gasteiger partial charge in [-0.2, -0.15) is 0 Å². The molecule has 0 bridgehead atoms. The Hall–Kier alpha value is -0.920. The fraction of sp³-hybridized carbons (Fsp3) is 0.714. The van der Waals surface area contributed by atoms with Crippen LogP contribution in [0.2, 0.25) is 0 Å². The highest BCUT2D eigenvalue weighted by Crippen LogP contribution is 2.40. The summed E-state index contributed by atoms with van der Waals surface area (Å²) in [5.74, 6) is -0.892. The van der Waals surface area contributed by atoms with Gasteiger partial charge in [0, 0.05) is 23.9 Å². The summed E-state index contributed by atoms with van der Waals surface area (Å²) in [7, 11) is 0. The molecule has 0 aromatic heterocycles. The maximum Gasteiger partial charge on any atom is 0.265 e. The summed E-state index contributed by atoms with van der Waals surface area (Å²) in [5.41, 5.74) is -1.50. The summed E-state index contributed by atoms with van der Waals surface area (Å²) in [5, 5.41) is 21.0. The van der Waals surface area contributed by atoms with E-state index in [-0.39, 0.29) is 30.2 Å². The number of hydrogen-bond acceptors (Lipinski definition) is 4. The van der Waals surface area contributed by atoms with Gasteiger partial charge in [-0.15, -0.1) is 0 Å². The first-order valence-corrected chi connectivity index (χ1v) is 15.2. The maximum atomic E-state index is 12.9. The Morgan fingerprint density at radius 1 is 0.886 bits per heavy atom. The highest BCUT2D eigenvalue weighted by molar-refractivity contribution is 9.13. The van der Waals surface area contributed by atoms with Crippen molar-refractivity contribution in [3.05, 3.63) is 26.6 Å². The van der Waals surface area contributed by atoms with Crippen molar-refractivity contribution in [1.82, 2.24) is 4.90 Å². The Labute approximate surface area is 228 Å². The van der Waals surface area contributed by atoms with Crippen LogP contribution in [0.1, 0.15) is 122 Å². The number of imide groups is 1. The number of amides is 2. The van der Waals surface area contributed by atoms with Crippen molar-refractivity contribution in [2.24, 2.45) is 0 Å². The number of phenolic OH excluding ortho intramolecular Hbond substituents is 1. The van der Waals surface area contributed by atoms with E-state index < -0.39 is 11.5 Å². The summed E-state index contributed by atoms with van der Waals surface area (Å²) >= 11 is 6.55. The minimum Gasteiger partial charge on any atom is -0.507 e. The molecule has 0 aliphatic carbocycles. The topological polar surface area (TPSA) is 77.8 Å². The number of nitrogens with zero attached hydrogens (tertiary/aromatic N) is 1. The number of rotatable bonds is 17. The largest absolute Gasteiger partial charge is 0.507 e. The molecule has 1 atom stereocenters. The number of carbonyl (C=O) groups is 2. The third kappa shape index (κ3) is 9.47. The number of likely N-dealkylation sites (tertiary alicyclic amines) is 1. The van der Waals surface area contributed by atoms with Crippen LogP contribution in [-0.4, -0.2) is 33.5 Å². The predicted octanol–water partition coefficient (Wildman–Crippen LogP) is 8.13. The number of aromatic hydroxyl groups is 1. The SMILES string of the molecule is CCCCCCCCCCCCCCCCCC(=O)N1CCC(O)(c2cc(O)c(Br)c(Br)c2)C1=O. The molecule has 1 aromatic carbocycles. The molecule has 0 saturated carbocycles. The van der Waals surface area contributed by atoms with Crippen LogP contribution in [0.15, 0.2) is 21.1 Å². The van der Waals surface area contributed by atoms with Gasteiger partial charge in [0.05, 0.1) is 4.47 Å². The average molecular weight is 617 g/mol. The predicted molar refractivity (Wildman–Crippen MR) is 148 cm³/mol. The molecule has 0 spiro atoms. The average Bonchev–Trinajstić information content (AvgIpc) is 3.15. The van der Waals surface area contributed by atoms with E-state index in [0.29, 0.717) is 15.4 Å². The zero-order chi connectivity index (χ0) is 25.7. The first kappa shape index (κ1) is 30.3. The Morgan fingerprint density at radius 2 is 1.37 bits per heavy atom. The number of phenols is 1. The molecule has 1 aliphatic rings. The third-order valence-electron chi connectivity index (χ3n) is 7.08. The molecule has 1 heterocycles. The summed E-state index contributed by atoms with van der Waals surface area (Å²) in [6.07, 6.45) is 19.4. The minimum atomic E-state index is -1.79. The normalized spacial score (nSPS) is 17.9. The summed E-state index contributed by atoms with van der Waals surface area (Å²) in [4.78, 5) is 26.7. The van der Waals surface area contributed by atoms with E-state index in [9.17, 15) is 19.8 Å². The molecule has 35 heavy (non-hydrogen) atoms. The van der Waals surface area contributed by atoms with Crippen molar-refractivity contribution in [1.29, 1.82) is 0 Å². The molecule has 7 heteroatoms. The number of unbranched alkanes of at least 4 members (excludes halogenated alkanes) is 14. The van der Waals surface area contributed by atoms with Gasteiger partial charge in [-0.1, -0.05) is 96.8 Å². The molecule has 198 valence electrons. The molecule has 2 amide bonds. The summed E-state index contributed by atoms with van der Waals surface area (Å²) in [6.45, 7) is 2.46. The van der Waals surface area contributed by atoms with Crippen LogP contribution in [-0.2, 0) is 15.2 Å². The molecule has 2 rings (SSSR count). The lowest BCUT2D eigenvalue weighted by Crippen LogP contribution is -2.40. The van der Waals surface area contributed by atoms with Gasteiger partial charge in [-0.3, -0.25) is 14.5 Å². The van der Waals surface area contributed by atoms with Crippen molar-refractivity contribution in [2.45, 2.75) is 122 Å². The number of aliphatic hydroxyl groups is 1. The van der Waals surface area contributed by atoms with Gasteiger partial charge < -0.3 is 10.2 Å². The van der Waals surface area contributed by atoms with E-state index in [2.05, 4.69) is 38.8 Å². The van der Waals surface area contributed by atoms with Crippen LogP contribution in [0.3, 0.4) is 0 Å². The Balaban J connectivity index is 1.56. The van der Waals surface area contributed by atoms with Crippen molar-refractivity contribution >= 4 is 43.7 Å². The van der Waals surface area contributed by atoms with E-state index in [0.717, 1.165) is 19.3 Å². The Bertz CT molecular complexity index is 793.